The van der Waals surface area contributed by atoms with Gasteiger partial charge in [-0.15, -0.1) is 0 Å². The van der Waals surface area contributed by atoms with E-state index < -0.39 is 17.4 Å². The van der Waals surface area contributed by atoms with E-state index in [4.69, 9.17) is 33.4 Å². The number of nitrogens with zero attached hydrogens (tertiary/aromatic N) is 4. The summed E-state index contributed by atoms with van der Waals surface area (Å²) in [6.07, 6.45) is 0.364. The number of carboxylic acid groups (broad SMARTS) is 2. The molecule has 0 unspecified atom stereocenters. The molecule has 0 radical (unpaired) electrons. The van der Waals surface area contributed by atoms with Crippen LogP contribution in [0.25, 0.3) is 22.5 Å². The van der Waals surface area contributed by atoms with Gasteiger partial charge in [0, 0.05) is 45.8 Å². The first-order valence-electron chi connectivity index (χ1n) is 14.1. The molecule has 0 saturated carbocycles. The van der Waals surface area contributed by atoms with Crippen molar-refractivity contribution >= 4 is 79.9 Å². The third kappa shape index (κ3) is 11.1. The van der Waals surface area contributed by atoms with Crippen LogP contribution in [-0.4, -0.2) is 43.9 Å². The van der Waals surface area contributed by atoms with Gasteiger partial charge in [0.15, 0.2) is 10.3 Å². The van der Waals surface area contributed by atoms with E-state index in [1.807, 2.05) is 6.07 Å². The van der Waals surface area contributed by atoms with Gasteiger partial charge in [0.05, 0.1) is 0 Å². The molecule has 12 nitrogen and oxygen atoms in total. The van der Waals surface area contributed by atoms with Crippen LogP contribution in [0, 0.1) is 28.1 Å². The molecule has 0 aliphatic heterocycles. The van der Waals surface area contributed by atoms with Crippen LogP contribution in [0.2, 0.25) is 10.0 Å². The number of aromatic nitrogens is 2. The fraction of sp³-hybridized carbons (Fsp3) is 0.250. The lowest BCUT2D eigenvalue weighted by Gasteiger charge is -2.21. The van der Waals surface area contributed by atoms with Gasteiger partial charge in [0.2, 0.25) is 11.8 Å². The second-order valence-electron chi connectivity index (χ2n) is 10.7. The largest absolute Gasteiger partial charge is 0.481 e. The zero-order valence-electron chi connectivity index (χ0n) is 25.5. The Morgan fingerprint density at radius 3 is 1.71 bits per heavy atom. The van der Waals surface area contributed by atoms with E-state index in [-0.39, 0.29) is 43.9 Å². The van der Waals surface area contributed by atoms with Crippen molar-refractivity contribution in [3.63, 3.8) is 0 Å². The van der Waals surface area contributed by atoms with Gasteiger partial charge >= 0.3 is 11.9 Å². The SMILES string of the molecule is CC(C)(CCC(=O)O)C(=O)Nc1nc(-c2cccc(Cl)c2)c(C#N)s1.N#Cc1sc(NC(=O)CCCC(=O)O)nc1-c1cccc(Cl)c1. The highest BCUT2D eigenvalue weighted by molar-refractivity contribution is 7.17. The van der Waals surface area contributed by atoms with Gasteiger partial charge in [0.25, 0.3) is 0 Å². The number of halogens is 2. The van der Waals surface area contributed by atoms with Gasteiger partial charge in [-0.05, 0) is 37.1 Å². The Morgan fingerprint density at radius 1 is 0.792 bits per heavy atom. The molecule has 0 fully saturated rings. The first-order valence-corrected chi connectivity index (χ1v) is 16.5. The summed E-state index contributed by atoms with van der Waals surface area (Å²) in [5.41, 5.74) is 1.42. The van der Waals surface area contributed by atoms with E-state index in [9.17, 15) is 29.7 Å². The average Bonchev–Trinajstić information content (AvgIpc) is 3.64. The number of nitriles is 2. The fourth-order valence-electron chi connectivity index (χ4n) is 3.94. The maximum absolute atomic E-state index is 12.4. The summed E-state index contributed by atoms with van der Waals surface area (Å²) in [7, 11) is 0. The van der Waals surface area contributed by atoms with Gasteiger partial charge in [-0.3, -0.25) is 19.2 Å². The summed E-state index contributed by atoms with van der Waals surface area (Å²) in [4.78, 5) is 54.6. The molecular formula is C32H28Cl2N6O6S2. The lowest BCUT2D eigenvalue weighted by molar-refractivity contribution is -0.138. The summed E-state index contributed by atoms with van der Waals surface area (Å²) in [5.74, 6) is -2.57. The van der Waals surface area contributed by atoms with Crippen LogP contribution < -0.4 is 10.6 Å². The highest BCUT2D eigenvalue weighted by Gasteiger charge is 2.29. The number of anilines is 2. The van der Waals surface area contributed by atoms with Gasteiger partial charge in [-0.25, -0.2) is 9.97 Å². The smallest absolute Gasteiger partial charge is 0.303 e. The number of nitrogens with one attached hydrogen (secondary N) is 2. The Kier molecular flexibility index (Phi) is 13.6. The van der Waals surface area contributed by atoms with Crippen LogP contribution in [0.5, 0.6) is 0 Å². The van der Waals surface area contributed by atoms with Crippen LogP contribution in [0.4, 0.5) is 10.3 Å². The van der Waals surface area contributed by atoms with Gasteiger partial charge < -0.3 is 20.8 Å². The minimum absolute atomic E-state index is 0.0670. The zero-order chi connectivity index (χ0) is 35.4. The second kappa shape index (κ2) is 17.3. The fourth-order valence-corrected chi connectivity index (χ4v) is 5.90. The van der Waals surface area contributed by atoms with Crippen molar-refractivity contribution in [2.45, 2.75) is 46.0 Å². The molecule has 0 bridgehead atoms. The van der Waals surface area contributed by atoms with E-state index in [0.29, 0.717) is 52.6 Å². The summed E-state index contributed by atoms with van der Waals surface area (Å²) in [5, 5.41) is 42.8. The van der Waals surface area contributed by atoms with Crippen molar-refractivity contribution in [1.82, 2.24) is 9.97 Å². The molecule has 16 heteroatoms. The molecule has 0 atom stereocenters. The number of amides is 2. The molecule has 4 N–H and O–H groups in total. The molecule has 4 aromatic rings. The number of benzene rings is 2. The number of hydrogen-bond donors (Lipinski definition) is 4. The lowest BCUT2D eigenvalue weighted by Crippen LogP contribution is -2.31. The molecule has 2 aromatic heterocycles. The standard InChI is InChI=1S/C17H16ClN3O3S.C15H12ClN3O3S/c1-17(2,7-6-13(22)23)15(24)21-16-20-14(12(9-19)25-16)10-4-3-5-11(18)8-10;16-10-4-1-3-9(7-10)14-11(8-17)23-15(19-14)18-12(20)5-2-6-13(21)22/h3-5,8H,6-7H2,1-2H3,(H,22,23)(H,20,21,24);1,3-4,7H,2,5-6H2,(H,21,22)(H,18,19,20). The average molecular weight is 728 g/mol. The number of carbonyl (C=O) groups is 4. The van der Waals surface area contributed by atoms with E-state index in [0.717, 1.165) is 22.7 Å². The Labute approximate surface area is 293 Å². The normalized spacial score (nSPS) is 10.5. The van der Waals surface area contributed by atoms with E-state index >= 15 is 0 Å². The maximum atomic E-state index is 12.4. The Bertz CT molecular complexity index is 1910. The van der Waals surface area contributed by atoms with E-state index in [1.165, 1.54) is 0 Å². The summed E-state index contributed by atoms with van der Waals surface area (Å²) in [6, 6.07) is 18.0. The first kappa shape index (κ1) is 37.6. The number of hydrogen-bond acceptors (Lipinski definition) is 10. The quantitative estimate of drug-likeness (QED) is 0.112. The van der Waals surface area contributed by atoms with Crippen molar-refractivity contribution in [2.24, 2.45) is 5.41 Å². The molecule has 2 aromatic carbocycles. The minimum Gasteiger partial charge on any atom is -0.481 e. The monoisotopic (exact) mass is 726 g/mol. The Hall–Kier alpha value is -4.86. The highest BCUT2D eigenvalue weighted by Crippen LogP contribution is 2.34. The number of carboxylic acids is 2. The van der Waals surface area contributed by atoms with Crippen molar-refractivity contribution in [1.29, 1.82) is 10.5 Å². The van der Waals surface area contributed by atoms with Crippen LogP contribution in [0.15, 0.2) is 48.5 Å². The Balaban J connectivity index is 0.000000261. The molecule has 2 amide bonds. The molecule has 48 heavy (non-hydrogen) atoms. The van der Waals surface area contributed by atoms with Crippen LogP contribution in [-0.2, 0) is 19.2 Å². The predicted octanol–water partition coefficient (Wildman–Crippen LogP) is 7.69. The van der Waals surface area contributed by atoms with Gasteiger partial charge in [-0.1, -0.05) is 84.0 Å². The summed E-state index contributed by atoms with van der Waals surface area (Å²) < 4.78 is 0. The number of thiazole rings is 2. The van der Waals surface area contributed by atoms with Crippen LogP contribution in [0.3, 0.4) is 0 Å². The highest BCUT2D eigenvalue weighted by atomic mass is 35.5. The summed E-state index contributed by atoms with van der Waals surface area (Å²) in [6.45, 7) is 3.34. The number of aliphatic carboxylic acids is 2. The molecule has 0 spiro atoms. The number of rotatable bonds is 12. The van der Waals surface area contributed by atoms with Crippen molar-refractivity contribution in [3.05, 3.63) is 68.3 Å². The molecule has 0 aliphatic carbocycles. The van der Waals surface area contributed by atoms with Crippen LogP contribution >= 0.6 is 45.9 Å². The van der Waals surface area contributed by atoms with Crippen molar-refractivity contribution < 1.29 is 29.4 Å². The van der Waals surface area contributed by atoms with Crippen molar-refractivity contribution in [3.8, 4) is 34.7 Å². The minimum atomic E-state index is -0.954. The van der Waals surface area contributed by atoms with Crippen LogP contribution in [0.1, 0.15) is 55.7 Å². The lowest BCUT2D eigenvalue weighted by atomic mass is 9.87. The third-order valence-electron chi connectivity index (χ3n) is 6.49. The molecule has 0 saturated heterocycles. The Morgan fingerprint density at radius 2 is 1.27 bits per heavy atom. The summed E-state index contributed by atoms with van der Waals surface area (Å²) >= 11 is 14.0. The van der Waals surface area contributed by atoms with Gasteiger partial charge in [-0.2, -0.15) is 10.5 Å². The predicted molar refractivity (Wildman–Crippen MR) is 184 cm³/mol. The molecular weight excluding hydrogens is 699 g/mol. The molecule has 0 aliphatic rings. The van der Waals surface area contributed by atoms with Gasteiger partial charge in [0.1, 0.15) is 33.3 Å². The molecule has 4 rings (SSSR count). The number of carbonyl (C=O) groups excluding carboxylic acids is 2. The van der Waals surface area contributed by atoms with Crippen molar-refractivity contribution in [2.75, 3.05) is 10.6 Å². The maximum Gasteiger partial charge on any atom is 0.303 e. The molecule has 248 valence electrons. The van der Waals surface area contributed by atoms with E-state index in [1.54, 1.807) is 62.4 Å². The zero-order valence-corrected chi connectivity index (χ0v) is 28.7. The first-order chi connectivity index (χ1) is 22.7. The third-order valence-corrected chi connectivity index (χ3v) is 8.71. The second-order valence-corrected chi connectivity index (χ2v) is 13.5. The van der Waals surface area contributed by atoms with E-state index in [2.05, 4.69) is 26.7 Å². The molecule has 2 heterocycles. The topological polar surface area (TPSA) is 206 Å².